The Hall–Kier alpha value is -1.55. The summed E-state index contributed by atoms with van der Waals surface area (Å²) >= 11 is 5.70. The molecule has 0 aliphatic heterocycles. The zero-order valence-electron chi connectivity index (χ0n) is 8.29. The van der Waals surface area contributed by atoms with Gasteiger partial charge < -0.3 is 10.5 Å². The van der Waals surface area contributed by atoms with Crippen molar-refractivity contribution < 1.29 is 9.53 Å². The van der Waals surface area contributed by atoms with Gasteiger partial charge in [0.05, 0.1) is 7.11 Å². The van der Waals surface area contributed by atoms with Crippen LogP contribution < -0.4 is 5.73 Å². The molecule has 0 atom stereocenters. The molecule has 0 spiro atoms. The van der Waals surface area contributed by atoms with Crippen LogP contribution in [0.1, 0.15) is 16.1 Å². The first-order chi connectivity index (χ1) is 7.10. The Kier molecular flexibility index (Phi) is 3.68. The number of hydrogen-bond donors (Lipinski definition) is 1. The largest absolute Gasteiger partial charge is 0.464 e. The number of carbonyl (C=O) groups excluding carboxylic acids is 1. The van der Waals surface area contributed by atoms with Crippen LogP contribution in [0.15, 0.2) is 18.7 Å². The Labute approximate surface area is 92.7 Å². The van der Waals surface area contributed by atoms with E-state index >= 15 is 0 Å². The Morgan fingerprint density at radius 2 is 2.47 bits per heavy atom. The second kappa shape index (κ2) is 4.79. The molecule has 0 fully saturated rings. The summed E-state index contributed by atoms with van der Waals surface area (Å²) in [5.41, 5.74) is 6.86. The van der Waals surface area contributed by atoms with Crippen LogP contribution in [0.5, 0.6) is 0 Å². The topological polar surface area (TPSA) is 65.2 Å². The SMILES string of the molecule is C=CCc1c(N)cc(Cl)nc1C(=O)OC. The maximum atomic E-state index is 11.4. The number of pyridine rings is 1. The summed E-state index contributed by atoms with van der Waals surface area (Å²) in [6, 6.07) is 1.49. The number of anilines is 1. The average molecular weight is 227 g/mol. The molecule has 0 unspecified atom stereocenters. The van der Waals surface area contributed by atoms with Gasteiger partial charge in [0.2, 0.25) is 0 Å². The van der Waals surface area contributed by atoms with Gasteiger partial charge >= 0.3 is 5.97 Å². The Bertz CT molecular complexity index is 405. The van der Waals surface area contributed by atoms with Gasteiger partial charge in [0.15, 0.2) is 5.69 Å². The lowest BCUT2D eigenvalue weighted by molar-refractivity contribution is 0.0593. The van der Waals surface area contributed by atoms with Crippen molar-refractivity contribution in [3.05, 3.63) is 35.1 Å². The quantitative estimate of drug-likeness (QED) is 0.485. The van der Waals surface area contributed by atoms with Crippen LogP contribution in [-0.4, -0.2) is 18.1 Å². The van der Waals surface area contributed by atoms with Crippen molar-refractivity contribution >= 4 is 23.3 Å². The molecule has 0 saturated carbocycles. The zero-order valence-corrected chi connectivity index (χ0v) is 9.04. The van der Waals surface area contributed by atoms with E-state index in [0.29, 0.717) is 17.7 Å². The third-order valence-corrected chi connectivity index (χ3v) is 2.05. The van der Waals surface area contributed by atoms with Gasteiger partial charge in [-0.25, -0.2) is 9.78 Å². The highest BCUT2D eigenvalue weighted by Crippen LogP contribution is 2.21. The summed E-state index contributed by atoms with van der Waals surface area (Å²) in [4.78, 5) is 15.3. The predicted octanol–water partition coefficient (Wildman–Crippen LogP) is 1.83. The van der Waals surface area contributed by atoms with Crippen LogP contribution in [0.4, 0.5) is 5.69 Å². The number of esters is 1. The summed E-state index contributed by atoms with van der Waals surface area (Å²) in [5, 5.41) is 0.167. The summed E-state index contributed by atoms with van der Waals surface area (Å²) in [6.07, 6.45) is 2.08. The van der Waals surface area contributed by atoms with E-state index < -0.39 is 5.97 Å². The molecule has 2 N–H and O–H groups in total. The molecule has 0 aliphatic rings. The normalized spacial score (nSPS) is 9.73. The van der Waals surface area contributed by atoms with E-state index in [4.69, 9.17) is 17.3 Å². The van der Waals surface area contributed by atoms with Crippen LogP contribution in [-0.2, 0) is 11.2 Å². The van der Waals surface area contributed by atoms with Crippen molar-refractivity contribution in [1.82, 2.24) is 4.98 Å². The number of rotatable bonds is 3. The number of halogens is 1. The van der Waals surface area contributed by atoms with Crippen molar-refractivity contribution in [2.45, 2.75) is 6.42 Å². The van der Waals surface area contributed by atoms with Crippen molar-refractivity contribution in [3.63, 3.8) is 0 Å². The number of methoxy groups -OCH3 is 1. The molecule has 0 amide bonds. The molecule has 1 aromatic heterocycles. The number of nitrogens with two attached hydrogens (primary N) is 1. The van der Waals surface area contributed by atoms with Gasteiger partial charge in [0.25, 0.3) is 0 Å². The van der Waals surface area contributed by atoms with E-state index in [2.05, 4.69) is 16.3 Å². The second-order valence-electron chi connectivity index (χ2n) is 2.85. The van der Waals surface area contributed by atoms with E-state index in [0.717, 1.165) is 0 Å². The highest BCUT2D eigenvalue weighted by molar-refractivity contribution is 6.29. The van der Waals surface area contributed by atoms with E-state index in [-0.39, 0.29) is 10.8 Å². The molecule has 4 nitrogen and oxygen atoms in total. The average Bonchev–Trinajstić information content (AvgIpc) is 2.20. The number of hydrogen-bond acceptors (Lipinski definition) is 4. The van der Waals surface area contributed by atoms with Crippen molar-refractivity contribution in [2.75, 3.05) is 12.8 Å². The van der Waals surface area contributed by atoms with Crippen molar-refractivity contribution in [1.29, 1.82) is 0 Å². The first-order valence-corrected chi connectivity index (χ1v) is 4.62. The predicted molar refractivity (Wildman–Crippen MR) is 58.9 cm³/mol. The van der Waals surface area contributed by atoms with E-state index in [1.807, 2.05) is 0 Å². The fourth-order valence-corrected chi connectivity index (χ4v) is 1.39. The maximum absolute atomic E-state index is 11.4. The van der Waals surface area contributed by atoms with Gasteiger partial charge in [-0.2, -0.15) is 0 Å². The highest BCUT2D eigenvalue weighted by atomic mass is 35.5. The third-order valence-electron chi connectivity index (χ3n) is 1.85. The lowest BCUT2D eigenvalue weighted by Gasteiger charge is -2.08. The number of nitrogens with zero attached hydrogens (tertiary/aromatic N) is 1. The van der Waals surface area contributed by atoms with E-state index in [1.54, 1.807) is 6.08 Å². The van der Waals surface area contributed by atoms with Crippen LogP contribution in [0.3, 0.4) is 0 Å². The molecule has 1 rings (SSSR count). The minimum absolute atomic E-state index is 0.141. The van der Waals surface area contributed by atoms with Gasteiger partial charge in [0.1, 0.15) is 5.15 Å². The fraction of sp³-hybridized carbons (Fsp3) is 0.200. The molecule has 80 valence electrons. The summed E-state index contributed by atoms with van der Waals surface area (Å²) in [7, 11) is 1.28. The van der Waals surface area contributed by atoms with Crippen molar-refractivity contribution in [2.24, 2.45) is 0 Å². The van der Waals surface area contributed by atoms with Gasteiger partial charge in [0, 0.05) is 11.3 Å². The third kappa shape index (κ3) is 2.47. The molecule has 0 aliphatic carbocycles. The molecular formula is C10H11ClN2O2. The fourth-order valence-electron chi connectivity index (χ4n) is 1.18. The molecule has 0 bridgehead atoms. The second-order valence-corrected chi connectivity index (χ2v) is 3.23. The Morgan fingerprint density at radius 3 is 3.00 bits per heavy atom. The summed E-state index contributed by atoms with van der Waals surface area (Å²) in [5.74, 6) is -0.555. The van der Waals surface area contributed by atoms with Crippen LogP contribution in [0.25, 0.3) is 0 Å². The van der Waals surface area contributed by atoms with E-state index in [1.165, 1.54) is 13.2 Å². The smallest absolute Gasteiger partial charge is 0.357 e. The Morgan fingerprint density at radius 1 is 1.80 bits per heavy atom. The minimum Gasteiger partial charge on any atom is -0.464 e. The monoisotopic (exact) mass is 226 g/mol. The van der Waals surface area contributed by atoms with Gasteiger partial charge in [-0.1, -0.05) is 17.7 Å². The Balaban J connectivity index is 3.32. The van der Waals surface area contributed by atoms with Crippen LogP contribution in [0, 0.1) is 0 Å². The lowest BCUT2D eigenvalue weighted by atomic mass is 10.1. The molecule has 1 heterocycles. The number of aromatic nitrogens is 1. The molecular weight excluding hydrogens is 216 g/mol. The number of nitrogen functional groups attached to an aromatic ring is 1. The molecule has 1 aromatic rings. The number of allylic oxidation sites excluding steroid dienone is 1. The standard InChI is InChI=1S/C10H11ClN2O2/c1-3-4-6-7(12)5-8(11)13-9(6)10(14)15-2/h3,5H,1,4H2,2H3,(H2,12,13). The first-order valence-electron chi connectivity index (χ1n) is 4.24. The highest BCUT2D eigenvalue weighted by Gasteiger charge is 2.16. The number of ether oxygens (including phenoxy) is 1. The number of carbonyl (C=O) groups is 1. The van der Waals surface area contributed by atoms with E-state index in [9.17, 15) is 4.79 Å². The van der Waals surface area contributed by atoms with Crippen LogP contribution in [0.2, 0.25) is 5.15 Å². The first kappa shape index (κ1) is 11.5. The lowest BCUT2D eigenvalue weighted by Crippen LogP contribution is -2.11. The molecule has 0 aromatic carbocycles. The molecule has 15 heavy (non-hydrogen) atoms. The minimum atomic E-state index is -0.555. The molecule has 0 radical (unpaired) electrons. The van der Waals surface area contributed by atoms with Crippen molar-refractivity contribution in [3.8, 4) is 0 Å². The summed E-state index contributed by atoms with van der Waals surface area (Å²) in [6.45, 7) is 3.58. The van der Waals surface area contributed by atoms with Gasteiger partial charge in [-0.3, -0.25) is 0 Å². The zero-order chi connectivity index (χ0) is 11.4. The van der Waals surface area contributed by atoms with Crippen LogP contribution >= 0.6 is 11.6 Å². The molecule has 5 heteroatoms. The van der Waals surface area contributed by atoms with Gasteiger partial charge in [-0.05, 0) is 12.5 Å². The molecule has 0 saturated heterocycles. The maximum Gasteiger partial charge on any atom is 0.357 e. The summed E-state index contributed by atoms with van der Waals surface area (Å²) < 4.78 is 4.58. The van der Waals surface area contributed by atoms with Gasteiger partial charge in [-0.15, -0.1) is 6.58 Å².